The van der Waals surface area contributed by atoms with Crippen LogP contribution in [0.3, 0.4) is 0 Å². The van der Waals surface area contributed by atoms with E-state index >= 15 is 0 Å². The van der Waals surface area contributed by atoms with Crippen molar-refractivity contribution in [3.8, 4) is 5.88 Å². The van der Waals surface area contributed by atoms with Crippen molar-refractivity contribution in [1.29, 1.82) is 0 Å². The number of rotatable bonds is 4. The maximum absolute atomic E-state index is 12.8. The largest absolute Gasteiger partial charge is 0.480 e. The van der Waals surface area contributed by atoms with E-state index in [1.54, 1.807) is 7.11 Å². The summed E-state index contributed by atoms with van der Waals surface area (Å²) in [4.78, 5) is 17.2. The maximum Gasteiger partial charge on any atom is 0.410 e. The first-order valence-electron chi connectivity index (χ1n) is 10.1. The van der Waals surface area contributed by atoms with E-state index in [0.29, 0.717) is 11.9 Å². The molecule has 2 fully saturated rings. The van der Waals surface area contributed by atoms with Crippen molar-refractivity contribution in [2.45, 2.75) is 64.1 Å². The Kier molecular flexibility index (Phi) is 4.85. The first kappa shape index (κ1) is 18.9. The Balaban J connectivity index is 1.47. The normalized spacial score (nSPS) is 18.4. The van der Waals surface area contributed by atoms with Gasteiger partial charge in [0.05, 0.1) is 18.3 Å². The summed E-state index contributed by atoms with van der Waals surface area (Å²) in [6, 6.07) is 6.71. The van der Waals surface area contributed by atoms with Crippen LogP contribution >= 0.6 is 0 Å². The van der Waals surface area contributed by atoms with Crippen LogP contribution in [0.15, 0.2) is 24.4 Å². The van der Waals surface area contributed by atoms with E-state index in [0.717, 1.165) is 50.0 Å². The Morgan fingerprint density at radius 1 is 1.18 bits per heavy atom. The fourth-order valence-corrected chi connectivity index (χ4v) is 3.99. The van der Waals surface area contributed by atoms with Crippen molar-refractivity contribution in [2.24, 2.45) is 0 Å². The van der Waals surface area contributed by atoms with E-state index in [-0.39, 0.29) is 12.1 Å². The van der Waals surface area contributed by atoms with Gasteiger partial charge in [-0.25, -0.2) is 9.31 Å². The summed E-state index contributed by atoms with van der Waals surface area (Å²) < 4.78 is 12.8. The minimum Gasteiger partial charge on any atom is -0.480 e. The van der Waals surface area contributed by atoms with Crippen LogP contribution < -0.4 is 9.64 Å². The molecule has 7 nitrogen and oxygen atoms in total. The van der Waals surface area contributed by atoms with Gasteiger partial charge in [0.2, 0.25) is 5.88 Å². The van der Waals surface area contributed by atoms with E-state index in [9.17, 15) is 4.79 Å². The van der Waals surface area contributed by atoms with E-state index in [1.807, 2.05) is 48.5 Å². The molecule has 2 aliphatic rings. The number of methoxy groups -OCH3 is 1. The summed E-state index contributed by atoms with van der Waals surface area (Å²) in [5, 5.41) is 4.42. The highest BCUT2D eigenvalue weighted by Crippen LogP contribution is 2.35. The highest BCUT2D eigenvalue weighted by atomic mass is 16.6. The Hall–Kier alpha value is -2.44. The van der Waals surface area contributed by atoms with Crippen LogP contribution in [0.2, 0.25) is 0 Å². The number of hydrogen-bond donors (Lipinski definition) is 0. The molecule has 3 heterocycles. The van der Waals surface area contributed by atoms with Gasteiger partial charge in [-0.3, -0.25) is 0 Å². The smallest absolute Gasteiger partial charge is 0.410 e. The molecule has 0 N–H and O–H groups in total. The molecule has 1 saturated carbocycles. The van der Waals surface area contributed by atoms with Gasteiger partial charge in [0.25, 0.3) is 0 Å². The van der Waals surface area contributed by atoms with Crippen LogP contribution in [-0.2, 0) is 4.74 Å². The lowest BCUT2D eigenvalue weighted by molar-refractivity contribution is 0.0114. The lowest BCUT2D eigenvalue weighted by atomic mass is 10.0. The van der Waals surface area contributed by atoms with Crippen molar-refractivity contribution < 1.29 is 14.3 Å². The molecule has 0 radical (unpaired) electrons. The molecule has 28 heavy (non-hydrogen) atoms. The molecule has 152 valence electrons. The molecule has 0 aromatic carbocycles. The van der Waals surface area contributed by atoms with Gasteiger partial charge in [0, 0.05) is 37.4 Å². The first-order chi connectivity index (χ1) is 13.4. The standard InChI is InChI=1S/C21H30N4O3/c1-21(2,3)28-20(26)25(15-7-8-15)16-9-12-23(13-10-16)17-6-5-11-24-18(17)14-19(22-24)27-4/h5-6,11,14-16H,7-10,12-13H2,1-4H3. The molecule has 1 saturated heterocycles. The SMILES string of the molecule is COc1cc2c(N3CCC(N(C(=O)OC(C)(C)C)C4CC4)CC3)cccn2n1. The molecule has 2 aromatic rings. The molecule has 1 amide bonds. The van der Waals surface area contributed by atoms with Gasteiger partial charge in [-0.15, -0.1) is 5.10 Å². The molecular formula is C21H30N4O3. The van der Waals surface area contributed by atoms with Crippen LogP contribution in [0.5, 0.6) is 5.88 Å². The monoisotopic (exact) mass is 386 g/mol. The number of fused-ring (bicyclic) bond motifs is 1. The van der Waals surface area contributed by atoms with E-state index in [4.69, 9.17) is 9.47 Å². The average Bonchev–Trinajstić information content (AvgIpc) is 3.37. The molecule has 0 spiro atoms. The Morgan fingerprint density at radius 2 is 1.86 bits per heavy atom. The van der Waals surface area contributed by atoms with E-state index in [2.05, 4.69) is 16.1 Å². The fourth-order valence-electron chi connectivity index (χ4n) is 3.99. The van der Waals surface area contributed by atoms with Crippen LogP contribution in [0.25, 0.3) is 5.52 Å². The summed E-state index contributed by atoms with van der Waals surface area (Å²) in [5.41, 5.74) is 1.75. The highest BCUT2D eigenvalue weighted by molar-refractivity contribution is 5.74. The summed E-state index contributed by atoms with van der Waals surface area (Å²) in [7, 11) is 1.63. The zero-order valence-corrected chi connectivity index (χ0v) is 17.2. The first-order valence-corrected chi connectivity index (χ1v) is 10.1. The van der Waals surface area contributed by atoms with Gasteiger partial charge < -0.3 is 19.3 Å². The second kappa shape index (κ2) is 7.18. The molecule has 1 aliphatic carbocycles. The van der Waals surface area contributed by atoms with Crippen LogP contribution in [-0.4, -0.2) is 58.5 Å². The molecule has 7 heteroatoms. The van der Waals surface area contributed by atoms with Crippen molar-refractivity contribution in [3.05, 3.63) is 24.4 Å². The van der Waals surface area contributed by atoms with Gasteiger partial charge in [0.15, 0.2) is 0 Å². The lowest BCUT2D eigenvalue weighted by Gasteiger charge is -2.40. The Labute approximate surface area is 166 Å². The predicted molar refractivity (Wildman–Crippen MR) is 108 cm³/mol. The number of ether oxygens (including phenoxy) is 2. The summed E-state index contributed by atoms with van der Waals surface area (Å²) in [6.45, 7) is 7.60. The van der Waals surface area contributed by atoms with Gasteiger partial charge >= 0.3 is 6.09 Å². The number of hydrogen-bond acceptors (Lipinski definition) is 5. The zero-order valence-electron chi connectivity index (χ0n) is 17.2. The molecule has 0 atom stereocenters. The van der Waals surface area contributed by atoms with Crippen molar-refractivity contribution in [1.82, 2.24) is 14.5 Å². The van der Waals surface area contributed by atoms with Gasteiger partial charge in [-0.1, -0.05) is 0 Å². The third-order valence-electron chi connectivity index (χ3n) is 5.41. The number of pyridine rings is 1. The lowest BCUT2D eigenvalue weighted by Crippen LogP contribution is -2.50. The molecule has 2 aromatic heterocycles. The maximum atomic E-state index is 12.8. The second-order valence-electron chi connectivity index (χ2n) is 8.75. The molecular weight excluding hydrogens is 356 g/mol. The average molecular weight is 386 g/mol. The van der Waals surface area contributed by atoms with Crippen LogP contribution in [0.4, 0.5) is 10.5 Å². The van der Waals surface area contributed by atoms with Crippen molar-refractivity contribution in [3.63, 3.8) is 0 Å². The van der Waals surface area contributed by atoms with E-state index < -0.39 is 5.60 Å². The molecule has 0 unspecified atom stereocenters. The Morgan fingerprint density at radius 3 is 2.46 bits per heavy atom. The van der Waals surface area contributed by atoms with Gasteiger partial charge in [0.1, 0.15) is 5.60 Å². The number of amides is 1. The van der Waals surface area contributed by atoms with E-state index in [1.165, 1.54) is 0 Å². The number of carbonyl (C=O) groups excluding carboxylic acids is 1. The van der Waals surface area contributed by atoms with Gasteiger partial charge in [-0.2, -0.15) is 0 Å². The van der Waals surface area contributed by atoms with Crippen LogP contribution in [0, 0.1) is 0 Å². The number of aromatic nitrogens is 2. The minimum atomic E-state index is -0.457. The number of piperidine rings is 1. The number of carbonyl (C=O) groups is 1. The second-order valence-corrected chi connectivity index (χ2v) is 8.75. The van der Waals surface area contributed by atoms with Crippen molar-refractivity contribution >= 4 is 17.3 Å². The fraction of sp³-hybridized carbons (Fsp3) is 0.619. The van der Waals surface area contributed by atoms with Gasteiger partial charge in [-0.05, 0) is 58.6 Å². The molecule has 4 rings (SSSR count). The number of nitrogens with zero attached hydrogens (tertiary/aromatic N) is 4. The Bertz CT molecular complexity index is 845. The predicted octanol–water partition coefficient (Wildman–Crippen LogP) is 3.71. The third kappa shape index (κ3) is 3.88. The van der Waals surface area contributed by atoms with Crippen molar-refractivity contribution in [2.75, 3.05) is 25.1 Å². The molecule has 0 bridgehead atoms. The highest BCUT2D eigenvalue weighted by Gasteiger charge is 2.40. The topological polar surface area (TPSA) is 59.3 Å². The third-order valence-corrected chi connectivity index (χ3v) is 5.41. The quantitative estimate of drug-likeness (QED) is 0.802. The minimum absolute atomic E-state index is 0.156. The van der Waals surface area contributed by atoms with Crippen LogP contribution in [0.1, 0.15) is 46.5 Å². The summed E-state index contributed by atoms with van der Waals surface area (Å²) in [5.74, 6) is 0.618. The molecule has 1 aliphatic heterocycles. The summed E-state index contributed by atoms with van der Waals surface area (Å²) in [6.07, 6.45) is 5.86. The number of anilines is 1. The summed E-state index contributed by atoms with van der Waals surface area (Å²) >= 11 is 0. The zero-order chi connectivity index (χ0) is 19.9.